The van der Waals surface area contributed by atoms with Crippen LogP contribution in [0, 0.1) is 0 Å². The van der Waals surface area contributed by atoms with Crippen LogP contribution < -0.4 is 0 Å². The summed E-state index contributed by atoms with van der Waals surface area (Å²) in [6.07, 6.45) is 0.0693. The molecule has 1 atom stereocenters. The highest BCUT2D eigenvalue weighted by Crippen LogP contribution is 2.13. The second-order valence-electron chi connectivity index (χ2n) is 4.89. The van der Waals surface area contributed by atoms with Crippen molar-refractivity contribution >= 4 is 17.8 Å². The first-order chi connectivity index (χ1) is 10.1. The monoisotopic (exact) mass is 291 g/mol. The molecule has 2 rings (SSSR count). The predicted molar refractivity (Wildman–Crippen MR) is 73.7 cm³/mol. The van der Waals surface area contributed by atoms with E-state index in [0.29, 0.717) is 13.1 Å². The highest BCUT2D eigenvalue weighted by molar-refractivity contribution is 5.92. The van der Waals surface area contributed by atoms with E-state index < -0.39 is 18.0 Å². The molecule has 1 fully saturated rings. The Bertz CT molecular complexity index is 522. The van der Waals surface area contributed by atoms with E-state index in [-0.39, 0.29) is 17.9 Å². The first-order valence-electron chi connectivity index (χ1n) is 6.84. The van der Waals surface area contributed by atoms with Gasteiger partial charge in [0.15, 0.2) is 0 Å². The number of ether oxygens (including phenoxy) is 1. The summed E-state index contributed by atoms with van der Waals surface area (Å²) in [5.41, 5.74) is 0.261. The number of benzene rings is 1. The Morgan fingerprint density at radius 2 is 1.76 bits per heavy atom. The van der Waals surface area contributed by atoms with E-state index >= 15 is 0 Å². The standard InChI is InChI=1S/C15H17NO5/c17-13(16-8-4-5-9-16)10-12(14(18)19)21-15(20)11-6-2-1-3-7-11/h1-3,6-7,12H,4-5,8-10H2,(H,18,19). The molecule has 0 aromatic heterocycles. The summed E-state index contributed by atoms with van der Waals surface area (Å²) >= 11 is 0. The second-order valence-corrected chi connectivity index (χ2v) is 4.89. The Morgan fingerprint density at radius 3 is 2.33 bits per heavy atom. The molecule has 0 radical (unpaired) electrons. The van der Waals surface area contributed by atoms with Crippen molar-refractivity contribution in [1.82, 2.24) is 4.90 Å². The molecule has 1 amide bonds. The number of carboxylic acids is 1. The lowest BCUT2D eigenvalue weighted by Crippen LogP contribution is -2.36. The zero-order valence-corrected chi connectivity index (χ0v) is 11.5. The number of hydrogen-bond donors (Lipinski definition) is 1. The Labute approximate surface area is 122 Å². The summed E-state index contributed by atoms with van der Waals surface area (Å²) in [7, 11) is 0. The smallest absolute Gasteiger partial charge is 0.345 e. The maximum absolute atomic E-state index is 11.9. The summed E-state index contributed by atoms with van der Waals surface area (Å²) in [6.45, 7) is 1.27. The molecule has 6 nitrogen and oxygen atoms in total. The summed E-state index contributed by atoms with van der Waals surface area (Å²) < 4.78 is 4.94. The van der Waals surface area contributed by atoms with Crippen molar-refractivity contribution in [3.63, 3.8) is 0 Å². The van der Waals surface area contributed by atoms with Gasteiger partial charge in [-0.3, -0.25) is 4.79 Å². The van der Waals surface area contributed by atoms with Gasteiger partial charge in [-0.15, -0.1) is 0 Å². The maximum atomic E-state index is 11.9. The van der Waals surface area contributed by atoms with Gasteiger partial charge in [-0.1, -0.05) is 18.2 Å². The van der Waals surface area contributed by atoms with Crippen molar-refractivity contribution in [2.75, 3.05) is 13.1 Å². The fourth-order valence-corrected chi connectivity index (χ4v) is 2.21. The average molecular weight is 291 g/mol. The minimum absolute atomic E-state index is 0.261. The van der Waals surface area contributed by atoms with Gasteiger partial charge >= 0.3 is 11.9 Å². The van der Waals surface area contributed by atoms with E-state index in [9.17, 15) is 14.4 Å². The van der Waals surface area contributed by atoms with Crippen LogP contribution in [0.4, 0.5) is 0 Å². The van der Waals surface area contributed by atoms with E-state index in [4.69, 9.17) is 9.84 Å². The molecule has 1 aromatic rings. The zero-order chi connectivity index (χ0) is 15.2. The maximum Gasteiger partial charge on any atom is 0.345 e. The van der Waals surface area contributed by atoms with Crippen LogP contribution in [0.15, 0.2) is 30.3 Å². The first kappa shape index (κ1) is 15.0. The van der Waals surface area contributed by atoms with Crippen molar-refractivity contribution in [2.24, 2.45) is 0 Å². The van der Waals surface area contributed by atoms with Crippen LogP contribution in [0.3, 0.4) is 0 Å². The number of carbonyl (C=O) groups excluding carboxylic acids is 2. The van der Waals surface area contributed by atoms with Crippen molar-refractivity contribution in [2.45, 2.75) is 25.4 Å². The van der Waals surface area contributed by atoms with Crippen LogP contribution in [0.5, 0.6) is 0 Å². The number of carboxylic acid groups (broad SMARTS) is 1. The fourth-order valence-electron chi connectivity index (χ4n) is 2.21. The van der Waals surface area contributed by atoms with E-state index in [2.05, 4.69) is 0 Å². The topological polar surface area (TPSA) is 83.9 Å². The third-order valence-corrected chi connectivity index (χ3v) is 3.35. The number of hydrogen-bond acceptors (Lipinski definition) is 4. The molecule has 0 bridgehead atoms. The van der Waals surface area contributed by atoms with Crippen LogP contribution >= 0.6 is 0 Å². The molecule has 1 N–H and O–H groups in total. The largest absolute Gasteiger partial charge is 0.478 e. The lowest BCUT2D eigenvalue weighted by atomic mass is 10.2. The number of rotatable bonds is 5. The molecule has 0 spiro atoms. The van der Waals surface area contributed by atoms with Crippen LogP contribution in [-0.2, 0) is 14.3 Å². The number of carbonyl (C=O) groups is 3. The van der Waals surface area contributed by atoms with E-state index in [1.807, 2.05) is 0 Å². The van der Waals surface area contributed by atoms with Crippen molar-refractivity contribution in [3.05, 3.63) is 35.9 Å². The SMILES string of the molecule is O=C(OC(CC(=O)N1CCCC1)C(=O)O)c1ccccc1. The molecule has 1 unspecified atom stereocenters. The summed E-state index contributed by atoms with van der Waals surface area (Å²) in [5.74, 6) is -2.34. The number of nitrogens with zero attached hydrogens (tertiary/aromatic N) is 1. The van der Waals surface area contributed by atoms with Gasteiger partial charge in [-0.05, 0) is 25.0 Å². The van der Waals surface area contributed by atoms with E-state index in [1.165, 1.54) is 12.1 Å². The Hall–Kier alpha value is -2.37. The molecular formula is C15H17NO5. The second kappa shape index (κ2) is 6.88. The van der Waals surface area contributed by atoms with Gasteiger partial charge in [0.25, 0.3) is 0 Å². The molecule has 1 aliphatic rings. The van der Waals surface area contributed by atoms with E-state index in [1.54, 1.807) is 23.1 Å². The Balaban J connectivity index is 1.97. The molecule has 21 heavy (non-hydrogen) atoms. The number of esters is 1. The van der Waals surface area contributed by atoms with Gasteiger partial charge in [-0.2, -0.15) is 0 Å². The zero-order valence-electron chi connectivity index (χ0n) is 11.5. The molecule has 112 valence electrons. The fraction of sp³-hybridized carbons (Fsp3) is 0.400. The quantitative estimate of drug-likeness (QED) is 0.827. The Kier molecular flexibility index (Phi) is 4.92. The molecule has 0 aliphatic carbocycles. The molecule has 0 saturated carbocycles. The molecule has 6 heteroatoms. The normalized spacial score (nSPS) is 15.5. The van der Waals surface area contributed by atoms with Crippen LogP contribution in [0.1, 0.15) is 29.6 Å². The van der Waals surface area contributed by atoms with Gasteiger partial charge in [0.2, 0.25) is 12.0 Å². The summed E-state index contributed by atoms with van der Waals surface area (Å²) in [6, 6.07) is 8.11. The van der Waals surface area contributed by atoms with Gasteiger partial charge in [0.05, 0.1) is 12.0 Å². The summed E-state index contributed by atoms with van der Waals surface area (Å²) in [4.78, 5) is 36.6. The third-order valence-electron chi connectivity index (χ3n) is 3.35. The highest BCUT2D eigenvalue weighted by Gasteiger charge is 2.29. The minimum Gasteiger partial charge on any atom is -0.478 e. The van der Waals surface area contributed by atoms with Crippen LogP contribution in [0.2, 0.25) is 0 Å². The lowest BCUT2D eigenvalue weighted by molar-refractivity contribution is -0.151. The first-order valence-corrected chi connectivity index (χ1v) is 6.84. The Morgan fingerprint density at radius 1 is 1.14 bits per heavy atom. The predicted octanol–water partition coefficient (Wildman–Crippen LogP) is 1.31. The van der Waals surface area contributed by atoms with Crippen molar-refractivity contribution in [3.8, 4) is 0 Å². The third kappa shape index (κ3) is 4.05. The van der Waals surface area contributed by atoms with E-state index in [0.717, 1.165) is 12.8 Å². The van der Waals surface area contributed by atoms with Gasteiger partial charge in [-0.25, -0.2) is 9.59 Å². The molecule has 1 aromatic carbocycles. The highest BCUT2D eigenvalue weighted by atomic mass is 16.6. The molecular weight excluding hydrogens is 274 g/mol. The van der Waals surface area contributed by atoms with Crippen LogP contribution in [0.25, 0.3) is 0 Å². The minimum atomic E-state index is -1.45. The molecule has 1 heterocycles. The number of aliphatic carboxylic acids is 1. The van der Waals surface area contributed by atoms with Crippen molar-refractivity contribution < 1.29 is 24.2 Å². The summed E-state index contributed by atoms with van der Waals surface area (Å²) in [5, 5.41) is 9.11. The van der Waals surface area contributed by atoms with Gasteiger partial charge in [0.1, 0.15) is 0 Å². The van der Waals surface area contributed by atoms with Crippen molar-refractivity contribution in [1.29, 1.82) is 0 Å². The van der Waals surface area contributed by atoms with Crippen LogP contribution in [-0.4, -0.2) is 47.0 Å². The molecule has 1 aliphatic heterocycles. The number of likely N-dealkylation sites (tertiary alicyclic amines) is 1. The lowest BCUT2D eigenvalue weighted by Gasteiger charge is -2.18. The van der Waals surface area contributed by atoms with Gasteiger partial charge < -0.3 is 14.7 Å². The molecule has 1 saturated heterocycles. The number of amides is 1. The van der Waals surface area contributed by atoms with Gasteiger partial charge in [0, 0.05) is 13.1 Å². The average Bonchev–Trinajstić information content (AvgIpc) is 3.01.